The third-order valence-corrected chi connectivity index (χ3v) is 0.129. The molecular weight excluding hydrogens is 102 g/mol. The van der Waals surface area contributed by atoms with Gasteiger partial charge in [-0.1, -0.05) is 27.7 Å². The normalized spacial score (nSPS) is 4.12. The van der Waals surface area contributed by atoms with E-state index >= 15 is 0 Å². The summed E-state index contributed by atoms with van der Waals surface area (Å²) in [5.41, 5.74) is 0. The second-order valence-electron chi connectivity index (χ2n) is 0.312. The highest BCUT2D eigenvalue weighted by atomic mass is 16.6. The van der Waals surface area contributed by atoms with E-state index in [1.165, 1.54) is 7.11 Å². The predicted molar refractivity (Wildman–Crippen MR) is 41.4 cm³/mol. The van der Waals surface area contributed by atoms with Crippen molar-refractivity contribution in [2.24, 2.45) is 5.16 Å². The van der Waals surface area contributed by atoms with Gasteiger partial charge in [-0.05, 0) is 0 Å². The molecule has 0 saturated heterocycles. The van der Waals surface area contributed by atoms with Crippen molar-refractivity contribution in [1.82, 2.24) is 0 Å². The Labute approximate surface area is 54.0 Å². The van der Waals surface area contributed by atoms with Gasteiger partial charge in [0.15, 0.2) is 0 Å². The van der Waals surface area contributed by atoms with Gasteiger partial charge in [-0.3, -0.25) is 0 Å². The average molecular weight is 123 g/mol. The van der Waals surface area contributed by atoms with Crippen molar-refractivity contribution in [1.29, 1.82) is 0 Å². The summed E-state index contributed by atoms with van der Waals surface area (Å²) in [7, 11) is 1.45. The van der Waals surface area contributed by atoms with E-state index in [1.807, 2.05) is 27.7 Å². The lowest BCUT2D eigenvalue weighted by Crippen LogP contribution is -1.55. The standard InChI is InChI=1S/C2H5NO.2C2H6.H2/c1-3-4-2;2*1-2;/h1H2,2H3;2*1-2H3;1H/i;;;1+2. The third kappa shape index (κ3) is 495. The van der Waals surface area contributed by atoms with Crippen LogP contribution in [0.15, 0.2) is 5.16 Å². The quantitative estimate of drug-likeness (QED) is 0.388. The van der Waals surface area contributed by atoms with Crippen LogP contribution in [0.25, 0.3) is 0 Å². The van der Waals surface area contributed by atoms with Crippen LogP contribution < -0.4 is 0 Å². The molecule has 0 radical (unpaired) electrons. The Kier molecular flexibility index (Phi) is 175. The molecule has 2 nitrogen and oxygen atoms in total. The molecule has 0 amide bonds. The maximum atomic E-state index is 4.06. The van der Waals surface area contributed by atoms with E-state index in [1.54, 1.807) is 0 Å². The Morgan fingerprint density at radius 3 is 1.38 bits per heavy atom. The van der Waals surface area contributed by atoms with Crippen LogP contribution in [-0.4, -0.2) is 13.8 Å². The summed E-state index contributed by atoms with van der Waals surface area (Å²) in [5.74, 6) is 0. The van der Waals surface area contributed by atoms with Crippen molar-refractivity contribution in [3.8, 4) is 0 Å². The van der Waals surface area contributed by atoms with E-state index < -0.39 is 0 Å². The van der Waals surface area contributed by atoms with Gasteiger partial charge >= 0.3 is 0 Å². The highest BCUT2D eigenvalue weighted by Crippen LogP contribution is 1.49. The molecule has 0 aliphatic carbocycles. The van der Waals surface area contributed by atoms with Crippen molar-refractivity contribution < 1.29 is 6.26 Å². The van der Waals surface area contributed by atoms with Crippen molar-refractivity contribution in [3.05, 3.63) is 0 Å². The first-order valence-corrected chi connectivity index (χ1v) is 2.91. The van der Waals surface area contributed by atoms with Crippen LogP contribution in [0.5, 0.6) is 0 Å². The molecule has 0 aliphatic rings. The lowest BCUT2D eigenvalue weighted by molar-refractivity contribution is 0.217. The molecule has 0 saturated carbocycles. The Balaban J connectivity index is -0.0000000221. The first-order valence-electron chi connectivity index (χ1n) is 2.91. The van der Waals surface area contributed by atoms with Gasteiger partial charge in [0.1, 0.15) is 7.11 Å². The van der Waals surface area contributed by atoms with Crippen molar-refractivity contribution in [3.63, 3.8) is 0 Å². The molecule has 0 fully saturated rings. The molecule has 0 spiro atoms. The van der Waals surface area contributed by atoms with Gasteiger partial charge in [0.2, 0.25) is 0 Å². The van der Waals surface area contributed by atoms with Crippen LogP contribution in [0, 0.1) is 0 Å². The second kappa shape index (κ2) is 89.6. The molecule has 0 heterocycles. The zero-order valence-corrected chi connectivity index (χ0v) is 6.56. The van der Waals surface area contributed by atoms with Crippen LogP contribution in [0.3, 0.4) is 0 Å². The number of hydrogen-bond donors (Lipinski definition) is 0. The Bertz CT molecular complexity index is 27.0. The fourth-order valence-corrected chi connectivity index (χ4v) is 0. The molecule has 8 heavy (non-hydrogen) atoms. The van der Waals surface area contributed by atoms with Gasteiger partial charge in [-0.15, -0.1) is 5.16 Å². The minimum absolute atomic E-state index is 0. The maximum Gasteiger partial charge on any atom is 0.106 e. The molecule has 0 aromatic rings. The van der Waals surface area contributed by atoms with Crippen LogP contribution >= 0.6 is 0 Å². The number of oxime groups is 1. The summed E-state index contributed by atoms with van der Waals surface area (Å²) in [6.45, 7) is 11.0. The SMILES string of the molecule is C=NOC.CC.CC.[3HH]. The van der Waals surface area contributed by atoms with E-state index in [0.29, 0.717) is 0 Å². The second-order valence-corrected chi connectivity index (χ2v) is 0.312. The topological polar surface area (TPSA) is 21.6 Å². The third-order valence-electron chi connectivity index (χ3n) is 0.129. The lowest BCUT2D eigenvalue weighted by atomic mass is 11.0. The smallest absolute Gasteiger partial charge is 0.106 e. The predicted octanol–water partition coefficient (Wildman–Crippen LogP) is 2.55. The van der Waals surface area contributed by atoms with E-state index in [0.717, 1.165) is 0 Å². The number of hydrogen-bond acceptors (Lipinski definition) is 2. The number of rotatable bonds is 1. The zero-order chi connectivity index (χ0) is 7.41. The monoisotopic (exact) mass is 123 g/mol. The average Bonchev–Trinajstić information content (AvgIpc) is 1.96. The van der Waals surface area contributed by atoms with Gasteiger partial charge in [0.05, 0.1) is 0 Å². The molecule has 0 rings (SSSR count). The molecule has 0 aromatic heterocycles. The Hall–Kier alpha value is -0.530. The van der Waals surface area contributed by atoms with Crippen LogP contribution in [0.1, 0.15) is 29.1 Å². The first kappa shape index (κ1) is 15.6. The van der Waals surface area contributed by atoms with Gasteiger partial charge in [-0.25, -0.2) is 0 Å². The zero-order valence-electron chi connectivity index (χ0n) is 6.56. The fourth-order valence-electron chi connectivity index (χ4n) is 0. The maximum absolute atomic E-state index is 4.06. The van der Waals surface area contributed by atoms with Crippen LogP contribution in [0.4, 0.5) is 0 Å². The minimum atomic E-state index is 0. The molecule has 0 aromatic carbocycles. The summed E-state index contributed by atoms with van der Waals surface area (Å²) in [4.78, 5) is 4.06. The summed E-state index contributed by atoms with van der Waals surface area (Å²) < 4.78 is 0. The molecule has 2 heteroatoms. The van der Waals surface area contributed by atoms with Crippen molar-refractivity contribution in [2.45, 2.75) is 27.7 Å². The minimum Gasteiger partial charge on any atom is -0.400 e. The molecule has 0 N–H and O–H groups in total. The highest BCUT2D eigenvalue weighted by Gasteiger charge is 1.35. The Morgan fingerprint density at radius 1 is 1.25 bits per heavy atom. The molecule has 0 atom stereocenters. The summed E-state index contributed by atoms with van der Waals surface area (Å²) in [6.07, 6.45) is 0. The first-order chi connectivity index (χ1) is 3.91. The van der Waals surface area contributed by atoms with Gasteiger partial charge < -0.3 is 4.84 Å². The largest absolute Gasteiger partial charge is 0.400 e. The Morgan fingerprint density at radius 2 is 1.38 bits per heavy atom. The van der Waals surface area contributed by atoms with E-state index in [-0.39, 0.29) is 1.43 Å². The van der Waals surface area contributed by atoms with Gasteiger partial charge in [0, 0.05) is 8.14 Å². The summed E-state index contributed by atoms with van der Waals surface area (Å²) >= 11 is 0. The molecular formula is C6H19NO. The molecule has 0 aliphatic heterocycles. The summed E-state index contributed by atoms with van der Waals surface area (Å²) in [6, 6.07) is 0. The van der Waals surface area contributed by atoms with E-state index in [9.17, 15) is 0 Å². The van der Waals surface area contributed by atoms with Crippen molar-refractivity contribution >= 4 is 6.72 Å². The van der Waals surface area contributed by atoms with E-state index in [4.69, 9.17) is 0 Å². The number of nitrogens with zero attached hydrogens (tertiary/aromatic N) is 1. The molecule has 0 bridgehead atoms. The molecule has 54 valence electrons. The summed E-state index contributed by atoms with van der Waals surface area (Å²) in [5, 5.41) is 2.99. The van der Waals surface area contributed by atoms with Gasteiger partial charge in [-0.2, -0.15) is 0 Å². The van der Waals surface area contributed by atoms with Crippen LogP contribution in [-0.2, 0) is 4.84 Å². The molecule has 0 unspecified atom stereocenters. The highest BCUT2D eigenvalue weighted by molar-refractivity contribution is 5.21. The van der Waals surface area contributed by atoms with Gasteiger partial charge in [0.25, 0.3) is 0 Å². The van der Waals surface area contributed by atoms with Crippen LogP contribution in [0.2, 0.25) is 0 Å². The lowest BCUT2D eigenvalue weighted by Gasteiger charge is -1.71. The van der Waals surface area contributed by atoms with E-state index in [2.05, 4.69) is 16.7 Å². The fraction of sp³-hybridized carbons (Fsp3) is 0.833. The van der Waals surface area contributed by atoms with Crippen molar-refractivity contribution in [2.75, 3.05) is 7.11 Å².